The number of rotatable bonds is 2. The van der Waals surface area contributed by atoms with Gasteiger partial charge in [-0.25, -0.2) is 4.39 Å². The van der Waals surface area contributed by atoms with Crippen LogP contribution in [0.3, 0.4) is 0 Å². The van der Waals surface area contributed by atoms with Crippen LogP contribution in [0.2, 0.25) is 5.02 Å². The summed E-state index contributed by atoms with van der Waals surface area (Å²) in [7, 11) is 0. The second-order valence-corrected chi connectivity index (χ2v) is 6.79. The lowest BCUT2D eigenvalue weighted by Crippen LogP contribution is -2.54. The predicted molar refractivity (Wildman–Crippen MR) is 102 cm³/mol. The van der Waals surface area contributed by atoms with Crippen LogP contribution >= 0.6 is 39.7 Å². The number of benzene rings is 2. The molecule has 0 atom stereocenters. The number of nitrogens with one attached hydrogen (secondary N) is 1. The van der Waals surface area contributed by atoms with Crippen molar-refractivity contribution < 1.29 is 14.0 Å². The third-order valence-electron chi connectivity index (χ3n) is 3.44. The third kappa shape index (κ3) is 3.63. The zero-order chi connectivity index (χ0) is 18.1. The van der Waals surface area contributed by atoms with Gasteiger partial charge in [-0.3, -0.25) is 19.8 Å². The Morgan fingerprint density at radius 2 is 1.84 bits per heavy atom. The van der Waals surface area contributed by atoms with Gasteiger partial charge in [0.05, 0.1) is 10.2 Å². The smallest absolute Gasteiger partial charge is 0.270 e. The van der Waals surface area contributed by atoms with Gasteiger partial charge in [-0.15, -0.1) is 0 Å². The maximum Gasteiger partial charge on any atom is 0.270 e. The number of hydrogen-bond donors (Lipinski definition) is 1. The molecule has 0 bridgehead atoms. The van der Waals surface area contributed by atoms with Crippen LogP contribution in [-0.2, 0) is 9.59 Å². The molecule has 1 saturated heterocycles. The molecule has 0 saturated carbocycles. The first-order valence-electron chi connectivity index (χ1n) is 6.99. The number of carbonyl (C=O) groups excluding carboxylic acids is 2. The molecule has 8 heteroatoms. The fourth-order valence-corrected chi connectivity index (χ4v) is 2.90. The molecule has 1 heterocycles. The summed E-state index contributed by atoms with van der Waals surface area (Å²) in [5.74, 6) is -1.73. The Hall–Kier alpha value is -2.09. The summed E-state index contributed by atoms with van der Waals surface area (Å²) in [6.45, 7) is 0. The number of carbonyl (C=O) groups is 2. The van der Waals surface area contributed by atoms with E-state index in [1.807, 2.05) is 0 Å². The first kappa shape index (κ1) is 17.7. The summed E-state index contributed by atoms with van der Waals surface area (Å²) in [5, 5.41) is 2.94. The fraction of sp³-hybridized carbons (Fsp3) is 0. The van der Waals surface area contributed by atoms with Gasteiger partial charge in [0, 0.05) is 5.02 Å². The minimum absolute atomic E-state index is 0.0311. The van der Waals surface area contributed by atoms with Crippen molar-refractivity contribution in [1.29, 1.82) is 0 Å². The molecule has 0 spiro atoms. The second-order valence-electron chi connectivity index (χ2n) is 5.11. The van der Waals surface area contributed by atoms with E-state index in [0.29, 0.717) is 16.3 Å². The van der Waals surface area contributed by atoms with Crippen molar-refractivity contribution in [3.63, 3.8) is 0 Å². The zero-order valence-corrected chi connectivity index (χ0v) is 15.6. The van der Waals surface area contributed by atoms with E-state index >= 15 is 0 Å². The van der Waals surface area contributed by atoms with Crippen molar-refractivity contribution in [2.75, 3.05) is 4.90 Å². The summed E-state index contributed by atoms with van der Waals surface area (Å²) in [6, 6.07) is 10.7. The monoisotopic (exact) mass is 438 g/mol. The van der Waals surface area contributed by atoms with E-state index in [9.17, 15) is 14.0 Å². The number of anilines is 1. The molecule has 4 nitrogen and oxygen atoms in total. The minimum atomic E-state index is -0.636. The van der Waals surface area contributed by atoms with Gasteiger partial charge < -0.3 is 0 Å². The molecule has 126 valence electrons. The highest BCUT2D eigenvalue weighted by Gasteiger charge is 2.34. The standard InChI is InChI=1S/C17H9BrClFN2O2S/c18-13-6-1-9(8-14(13)20)7-12-15(23)21-17(25)22(16(12)24)11-4-2-10(19)3-5-11/h1-8H,(H,21,23,25). The lowest BCUT2D eigenvalue weighted by molar-refractivity contribution is -0.122. The van der Waals surface area contributed by atoms with Crippen LogP contribution in [0.4, 0.5) is 10.1 Å². The van der Waals surface area contributed by atoms with Crippen molar-refractivity contribution in [3.05, 3.63) is 68.9 Å². The SMILES string of the molecule is O=C1NC(=S)N(c2ccc(Cl)cc2)C(=O)C1=Cc1ccc(Br)c(F)c1. The lowest BCUT2D eigenvalue weighted by Gasteiger charge is -2.28. The quantitative estimate of drug-likeness (QED) is 0.436. The Balaban J connectivity index is 2.01. The molecule has 25 heavy (non-hydrogen) atoms. The molecular weight excluding hydrogens is 431 g/mol. The number of nitrogens with zero attached hydrogens (tertiary/aromatic N) is 1. The normalized spacial score (nSPS) is 16.4. The summed E-state index contributed by atoms with van der Waals surface area (Å²) in [4.78, 5) is 26.1. The van der Waals surface area contributed by atoms with Crippen LogP contribution in [0.15, 0.2) is 52.5 Å². The van der Waals surface area contributed by atoms with Gasteiger partial charge in [0.1, 0.15) is 11.4 Å². The Morgan fingerprint density at radius 1 is 1.16 bits per heavy atom. The fourth-order valence-electron chi connectivity index (χ4n) is 2.25. The van der Waals surface area contributed by atoms with Gasteiger partial charge in [-0.2, -0.15) is 0 Å². The van der Waals surface area contributed by atoms with Gasteiger partial charge in [-0.05, 0) is 76.2 Å². The lowest BCUT2D eigenvalue weighted by atomic mass is 10.1. The van der Waals surface area contributed by atoms with Crippen molar-refractivity contribution in [2.45, 2.75) is 0 Å². The first-order chi connectivity index (χ1) is 11.9. The molecule has 0 radical (unpaired) electrons. The number of amides is 2. The van der Waals surface area contributed by atoms with Crippen molar-refractivity contribution in [3.8, 4) is 0 Å². The van der Waals surface area contributed by atoms with Crippen molar-refractivity contribution >= 4 is 68.4 Å². The molecule has 1 aliphatic rings. The molecule has 3 rings (SSSR count). The van der Waals surface area contributed by atoms with Gasteiger partial charge in [0.2, 0.25) is 0 Å². The maximum absolute atomic E-state index is 13.7. The van der Waals surface area contributed by atoms with Crippen LogP contribution in [0, 0.1) is 5.82 Å². The highest BCUT2D eigenvalue weighted by Crippen LogP contribution is 2.24. The molecule has 1 N–H and O–H groups in total. The second kappa shape index (κ2) is 7.03. The van der Waals surface area contributed by atoms with E-state index in [-0.39, 0.29) is 15.2 Å². The average molecular weight is 440 g/mol. The zero-order valence-electron chi connectivity index (χ0n) is 12.4. The van der Waals surface area contributed by atoms with Crippen molar-refractivity contribution in [2.24, 2.45) is 0 Å². The predicted octanol–water partition coefficient (Wildman–Crippen LogP) is 4.07. The number of thiocarbonyl (C=S) groups is 1. The highest BCUT2D eigenvalue weighted by molar-refractivity contribution is 9.10. The summed E-state index contributed by atoms with van der Waals surface area (Å²) in [5.41, 5.74) is 0.695. The van der Waals surface area contributed by atoms with Gasteiger partial charge in [0.25, 0.3) is 11.8 Å². The van der Waals surface area contributed by atoms with Gasteiger partial charge in [-0.1, -0.05) is 17.7 Å². The van der Waals surface area contributed by atoms with Crippen LogP contribution in [0.1, 0.15) is 5.56 Å². The minimum Gasteiger partial charge on any atom is -0.298 e. The van der Waals surface area contributed by atoms with E-state index in [4.69, 9.17) is 23.8 Å². The molecule has 0 unspecified atom stereocenters. The molecule has 0 aliphatic carbocycles. The Morgan fingerprint density at radius 3 is 2.48 bits per heavy atom. The first-order valence-corrected chi connectivity index (χ1v) is 8.57. The topological polar surface area (TPSA) is 49.4 Å². The van der Waals surface area contributed by atoms with E-state index in [2.05, 4.69) is 21.2 Å². The molecule has 1 fully saturated rings. The number of hydrogen-bond acceptors (Lipinski definition) is 3. The van der Waals surface area contributed by atoms with E-state index < -0.39 is 17.6 Å². The number of halogens is 3. The maximum atomic E-state index is 13.7. The van der Waals surface area contributed by atoms with Crippen LogP contribution in [-0.4, -0.2) is 16.9 Å². The Bertz CT molecular complexity index is 931. The Kier molecular flexibility index (Phi) is 4.99. The summed E-state index contributed by atoms with van der Waals surface area (Å²) in [6.07, 6.45) is 1.32. The molecule has 2 aromatic carbocycles. The molecular formula is C17H9BrClFN2O2S. The van der Waals surface area contributed by atoms with Crippen molar-refractivity contribution in [1.82, 2.24) is 5.32 Å². The van der Waals surface area contributed by atoms with Crippen LogP contribution in [0.5, 0.6) is 0 Å². The van der Waals surface area contributed by atoms with Gasteiger partial charge in [0.15, 0.2) is 5.11 Å². The molecule has 1 aliphatic heterocycles. The average Bonchev–Trinajstić information content (AvgIpc) is 2.56. The van der Waals surface area contributed by atoms with E-state index in [1.54, 1.807) is 30.3 Å². The molecule has 0 aromatic heterocycles. The van der Waals surface area contributed by atoms with Gasteiger partial charge >= 0.3 is 0 Å². The van der Waals surface area contributed by atoms with E-state index in [0.717, 1.165) is 0 Å². The summed E-state index contributed by atoms with van der Waals surface area (Å²) < 4.78 is 14.0. The largest absolute Gasteiger partial charge is 0.298 e. The molecule has 2 aromatic rings. The van der Waals surface area contributed by atoms with Crippen LogP contribution in [0.25, 0.3) is 6.08 Å². The van der Waals surface area contributed by atoms with Crippen LogP contribution < -0.4 is 10.2 Å². The highest BCUT2D eigenvalue weighted by atomic mass is 79.9. The van der Waals surface area contributed by atoms with E-state index in [1.165, 1.54) is 23.1 Å². The third-order valence-corrected chi connectivity index (χ3v) is 4.62. The summed E-state index contributed by atoms with van der Waals surface area (Å²) >= 11 is 14.0. The Labute approximate surface area is 161 Å². The molecule has 2 amide bonds.